The molecule has 0 radical (unpaired) electrons. The van der Waals surface area contributed by atoms with Crippen LogP contribution in [0.15, 0.2) is 24.3 Å². The lowest BCUT2D eigenvalue weighted by Crippen LogP contribution is -2.05. The zero-order valence-electron chi connectivity index (χ0n) is 16.5. The molecule has 4 nitrogen and oxygen atoms in total. The summed E-state index contributed by atoms with van der Waals surface area (Å²) in [5.41, 5.74) is 1.03. The van der Waals surface area contributed by atoms with Gasteiger partial charge in [0.1, 0.15) is 6.61 Å². The lowest BCUT2D eigenvalue weighted by atomic mass is 10.1. The van der Waals surface area contributed by atoms with E-state index in [1.165, 1.54) is 0 Å². The van der Waals surface area contributed by atoms with Gasteiger partial charge in [0, 0.05) is 16.4 Å². The minimum atomic E-state index is -0.125. The topological polar surface area (TPSA) is 52.6 Å². The molecular weight excluding hydrogens is 455 g/mol. The Morgan fingerprint density at radius 2 is 1.48 bits per heavy atom. The highest BCUT2D eigenvalue weighted by atomic mass is 127. The van der Waals surface area contributed by atoms with E-state index in [0.717, 1.165) is 66.9 Å². The van der Waals surface area contributed by atoms with Gasteiger partial charge in [0.15, 0.2) is 0 Å². The van der Waals surface area contributed by atoms with Crippen molar-refractivity contribution in [1.29, 1.82) is 0 Å². The summed E-state index contributed by atoms with van der Waals surface area (Å²) in [5.74, 6) is -0.193. The van der Waals surface area contributed by atoms with Crippen molar-refractivity contribution in [3.63, 3.8) is 0 Å². The number of ether oxygens (including phenoxy) is 2. The molecule has 0 spiro atoms. The standard InChI is InChI=1S/C22H33IO4/c1-2-3-10-16-26-21(24)14-8-6-4-5-7-9-15-22(25)27-18-19-12-11-13-20(23)17-19/h11-13,17H,2-10,14-16,18H2,1H3. The van der Waals surface area contributed by atoms with Gasteiger partial charge in [0.25, 0.3) is 0 Å². The number of carbonyl (C=O) groups is 2. The Labute approximate surface area is 177 Å². The van der Waals surface area contributed by atoms with E-state index in [9.17, 15) is 9.59 Å². The van der Waals surface area contributed by atoms with E-state index >= 15 is 0 Å². The van der Waals surface area contributed by atoms with Gasteiger partial charge in [0.05, 0.1) is 6.61 Å². The van der Waals surface area contributed by atoms with Gasteiger partial charge in [-0.25, -0.2) is 0 Å². The van der Waals surface area contributed by atoms with E-state index in [1.54, 1.807) is 0 Å². The van der Waals surface area contributed by atoms with Crippen LogP contribution in [0.5, 0.6) is 0 Å². The van der Waals surface area contributed by atoms with Crippen LogP contribution in [0, 0.1) is 3.57 Å². The van der Waals surface area contributed by atoms with Crippen molar-refractivity contribution in [3.05, 3.63) is 33.4 Å². The van der Waals surface area contributed by atoms with Gasteiger partial charge in [-0.15, -0.1) is 0 Å². The molecular formula is C22H33IO4. The smallest absolute Gasteiger partial charge is 0.306 e. The number of rotatable bonds is 15. The summed E-state index contributed by atoms with van der Waals surface area (Å²) in [5, 5.41) is 0. The first-order chi connectivity index (χ1) is 13.1. The summed E-state index contributed by atoms with van der Waals surface area (Å²) in [6.45, 7) is 3.05. The van der Waals surface area contributed by atoms with Gasteiger partial charge in [-0.05, 0) is 59.5 Å². The maximum atomic E-state index is 11.8. The highest BCUT2D eigenvalue weighted by Crippen LogP contribution is 2.12. The molecule has 0 fully saturated rings. The molecule has 0 bridgehead atoms. The van der Waals surface area contributed by atoms with Crippen molar-refractivity contribution in [2.45, 2.75) is 84.2 Å². The van der Waals surface area contributed by atoms with E-state index in [1.807, 2.05) is 24.3 Å². The Morgan fingerprint density at radius 3 is 2.11 bits per heavy atom. The Hall–Kier alpha value is -1.11. The summed E-state index contributed by atoms with van der Waals surface area (Å²) < 4.78 is 11.6. The molecule has 0 unspecified atom stereocenters. The molecule has 152 valence electrons. The van der Waals surface area contributed by atoms with Crippen molar-refractivity contribution in [1.82, 2.24) is 0 Å². The predicted octanol–water partition coefficient (Wildman–Crippen LogP) is 6.19. The van der Waals surface area contributed by atoms with Crippen LogP contribution in [0.1, 0.15) is 83.1 Å². The average Bonchev–Trinajstić information content (AvgIpc) is 2.66. The lowest BCUT2D eigenvalue weighted by Gasteiger charge is -2.06. The second-order valence-electron chi connectivity index (χ2n) is 6.84. The van der Waals surface area contributed by atoms with Gasteiger partial charge < -0.3 is 9.47 Å². The minimum absolute atomic E-state index is 0.0676. The summed E-state index contributed by atoms with van der Waals surface area (Å²) in [7, 11) is 0. The number of esters is 2. The number of hydrogen-bond donors (Lipinski definition) is 0. The highest BCUT2D eigenvalue weighted by molar-refractivity contribution is 14.1. The maximum Gasteiger partial charge on any atom is 0.306 e. The molecule has 0 N–H and O–H groups in total. The van der Waals surface area contributed by atoms with Gasteiger partial charge in [-0.1, -0.05) is 57.6 Å². The van der Waals surface area contributed by atoms with Gasteiger partial charge in [-0.3, -0.25) is 9.59 Å². The monoisotopic (exact) mass is 488 g/mol. The fraction of sp³-hybridized carbons (Fsp3) is 0.636. The Kier molecular flexibility index (Phi) is 14.1. The molecule has 0 saturated carbocycles. The lowest BCUT2D eigenvalue weighted by molar-refractivity contribution is -0.145. The number of hydrogen-bond acceptors (Lipinski definition) is 4. The second-order valence-corrected chi connectivity index (χ2v) is 8.09. The van der Waals surface area contributed by atoms with E-state index < -0.39 is 0 Å². The fourth-order valence-electron chi connectivity index (χ4n) is 2.72. The second kappa shape index (κ2) is 15.9. The first-order valence-electron chi connectivity index (χ1n) is 10.2. The number of halogens is 1. The fourth-order valence-corrected chi connectivity index (χ4v) is 3.33. The van der Waals surface area contributed by atoms with E-state index in [-0.39, 0.29) is 11.9 Å². The van der Waals surface area contributed by atoms with Crippen molar-refractivity contribution >= 4 is 34.5 Å². The third-order valence-electron chi connectivity index (χ3n) is 4.31. The zero-order valence-corrected chi connectivity index (χ0v) is 18.7. The number of benzene rings is 1. The molecule has 0 aliphatic heterocycles. The van der Waals surface area contributed by atoms with Gasteiger partial charge in [-0.2, -0.15) is 0 Å². The number of carbonyl (C=O) groups excluding carboxylic acids is 2. The highest BCUT2D eigenvalue weighted by Gasteiger charge is 2.05. The van der Waals surface area contributed by atoms with Crippen LogP contribution in [0.25, 0.3) is 0 Å². The zero-order chi connectivity index (χ0) is 19.7. The molecule has 0 atom stereocenters. The Balaban J connectivity index is 1.90. The van der Waals surface area contributed by atoms with Crippen LogP contribution in [0.4, 0.5) is 0 Å². The third-order valence-corrected chi connectivity index (χ3v) is 4.98. The summed E-state index contributed by atoms with van der Waals surface area (Å²) in [6.07, 6.45) is 10.3. The minimum Gasteiger partial charge on any atom is -0.466 e. The van der Waals surface area contributed by atoms with Crippen LogP contribution in [-0.4, -0.2) is 18.5 Å². The van der Waals surface area contributed by atoms with Crippen molar-refractivity contribution < 1.29 is 19.1 Å². The molecule has 0 aromatic heterocycles. The van der Waals surface area contributed by atoms with E-state index in [0.29, 0.717) is 26.1 Å². The van der Waals surface area contributed by atoms with Crippen molar-refractivity contribution in [2.75, 3.05) is 6.61 Å². The SMILES string of the molecule is CCCCCOC(=O)CCCCCCCCC(=O)OCc1cccc(I)c1. The van der Waals surface area contributed by atoms with Crippen LogP contribution < -0.4 is 0 Å². The normalized spacial score (nSPS) is 10.6. The van der Waals surface area contributed by atoms with Gasteiger partial charge >= 0.3 is 11.9 Å². The van der Waals surface area contributed by atoms with Gasteiger partial charge in [0.2, 0.25) is 0 Å². The van der Waals surface area contributed by atoms with Crippen molar-refractivity contribution in [3.8, 4) is 0 Å². The van der Waals surface area contributed by atoms with Crippen LogP contribution >= 0.6 is 22.6 Å². The van der Waals surface area contributed by atoms with E-state index in [2.05, 4.69) is 29.5 Å². The first-order valence-corrected chi connectivity index (χ1v) is 11.3. The summed E-state index contributed by atoms with van der Waals surface area (Å²) >= 11 is 2.25. The molecule has 1 aromatic rings. The third kappa shape index (κ3) is 13.7. The molecule has 5 heteroatoms. The van der Waals surface area contributed by atoms with Crippen LogP contribution in [0.2, 0.25) is 0 Å². The largest absolute Gasteiger partial charge is 0.466 e. The number of unbranched alkanes of at least 4 members (excludes halogenated alkanes) is 7. The molecule has 0 saturated heterocycles. The quantitative estimate of drug-likeness (QED) is 0.168. The first kappa shape index (κ1) is 23.9. The van der Waals surface area contributed by atoms with Crippen LogP contribution in [0.3, 0.4) is 0 Å². The van der Waals surface area contributed by atoms with Crippen molar-refractivity contribution in [2.24, 2.45) is 0 Å². The summed E-state index contributed by atoms with van der Waals surface area (Å²) in [6, 6.07) is 7.98. The molecule has 0 aliphatic carbocycles. The van der Waals surface area contributed by atoms with Crippen LogP contribution in [-0.2, 0) is 25.7 Å². The average molecular weight is 488 g/mol. The molecule has 27 heavy (non-hydrogen) atoms. The Bertz CT molecular complexity index is 545. The maximum absolute atomic E-state index is 11.8. The Morgan fingerprint density at radius 1 is 0.852 bits per heavy atom. The van der Waals surface area contributed by atoms with E-state index in [4.69, 9.17) is 9.47 Å². The summed E-state index contributed by atoms with van der Waals surface area (Å²) in [4.78, 5) is 23.3. The molecule has 0 heterocycles. The molecule has 1 aromatic carbocycles. The molecule has 0 aliphatic rings. The molecule has 1 rings (SSSR count). The molecule has 0 amide bonds. The predicted molar refractivity (Wildman–Crippen MR) is 116 cm³/mol.